The van der Waals surface area contributed by atoms with Crippen molar-refractivity contribution in [3.8, 4) is 0 Å². The molecule has 0 bridgehead atoms. The van der Waals surface area contributed by atoms with Crippen molar-refractivity contribution in [3.05, 3.63) is 54.6 Å². The van der Waals surface area contributed by atoms with Crippen LogP contribution in [0, 0.1) is 0 Å². The van der Waals surface area contributed by atoms with E-state index in [0.717, 1.165) is 29.7 Å². The quantitative estimate of drug-likeness (QED) is 0.793. The first kappa shape index (κ1) is 15.3. The number of aromatic nitrogens is 3. The van der Waals surface area contributed by atoms with Gasteiger partial charge < -0.3 is 4.98 Å². The maximum atomic E-state index is 12.6. The van der Waals surface area contributed by atoms with Gasteiger partial charge in [0.25, 0.3) is 0 Å². The molecule has 1 saturated heterocycles. The van der Waals surface area contributed by atoms with Crippen LogP contribution in [0.4, 0.5) is 0 Å². The first-order valence-corrected chi connectivity index (χ1v) is 9.43. The molecule has 124 valence electrons. The number of piperidine rings is 1. The number of benzene rings is 1. The third kappa shape index (κ3) is 2.70. The van der Waals surface area contributed by atoms with Gasteiger partial charge in [0.1, 0.15) is 10.7 Å². The lowest BCUT2D eigenvalue weighted by atomic mass is 9.97. The van der Waals surface area contributed by atoms with Crippen molar-refractivity contribution in [1.82, 2.24) is 19.3 Å². The van der Waals surface area contributed by atoms with Gasteiger partial charge in [-0.1, -0.05) is 12.1 Å². The number of imidazole rings is 1. The summed E-state index contributed by atoms with van der Waals surface area (Å²) in [7, 11) is -3.45. The van der Waals surface area contributed by atoms with Gasteiger partial charge in [0.2, 0.25) is 10.0 Å². The van der Waals surface area contributed by atoms with E-state index in [1.165, 1.54) is 6.20 Å². The lowest BCUT2D eigenvalue weighted by Gasteiger charge is -2.30. The average Bonchev–Trinajstić information content (AvgIpc) is 3.07. The number of nitrogens with zero attached hydrogens (tertiary/aromatic N) is 3. The third-order valence-corrected chi connectivity index (χ3v) is 6.40. The highest BCUT2D eigenvalue weighted by Crippen LogP contribution is 2.30. The van der Waals surface area contributed by atoms with Crippen molar-refractivity contribution in [2.24, 2.45) is 0 Å². The second-order valence-electron chi connectivity index (χ2n) is 6.01. The molecule has 0 spiro atoms. The Labute approximate surface area is 140 Å². The predicted octanol–water partition coefficient (Wildman–Crippen LogP) is 2.53. The Bertz CT molecular complexity index is 912. The molecule has 3 aromatic rings. The van der Waals surface area contributed by atoms with Gasteiger partial charge in [-0.3, -0.25) is 4.98 Å². The zero-order valence-corrected chi connectivity index (χ0v) is 13.9. The SMILES string of the molecule is O=S(=O)(c1cccnc1)N1CCC(c2nc3ccccc3[nH]2)CC1. The molecule has 1 aliphatic rings. The van der Waals surface area contributed by atoms with Gasteiger partial charge in [-0.05, 0) is 37.1 Å². The van der Waals surface area contributed by atoms with Crippen LogP contribution < -0.4 is 0 Å². The largest absolute Gasteiger partial charge is 0.342 e. The van der Waals surface area contributed by atoms with E-state index in [-0.39, 0.29) is 10.8 Å². The summed E-state index contributed by atoms with van der Waals surface area (Å²) in [6, 6.07) is 11.2. The van der Waals surface area contributed by atoms with E-state index in [4.69, 9.17) is 0 Å². The van der Waals surface area contributed by atoms with Gasteiger partial charge >= 0.3 is 0 Å². The molecule has 1 aliphatic heterocycles. The molecule has 3 heterocycles. The number of aromatic amines is 1. The Kier molecular flexibility index (Phi) is 3.82. The molecular weight excluding hydrogens is 324 g/mol. The summed E-state index contributed by atoms with van der Waals surface area (Å²) in [6.07, 6.45) is 4.51. The maximum Gasteiger partial charge on any atom is 0.244 e. The van der Waals surface area contributed by atoms with Gasteiger partial charge in [-0.15, -0.1) is 0 Å². The molecule has 0 amide bonds. The smallest absolute Gasteiger partial charge is 0.244 e. The van der Waals surface area contributed by atoms with Crippen LogP contribution in [0.15, 0.2) is 53.7 Å². The van der Waals surface area contributed by atoms with Crippen LogP contribution in [0.5, 0.6) is 0 Å². The summed E-state index contributed by atoms with van der Waals surface area (Å²) in [5, 5.41) is 0. The van der Waals surface area contributed by atoms with Crippen LogP contribution >= 0.6 is 0 Å². The molecule has 4 rings (SSSR count). The lowest BCUT2D eigenvalue weighted by Crippen LogP contribution is -2.38. The fourth-order valence-corrected chi connectivity index (χ4v) is 4.62. The summed E-state index contributed by atoms with van der Waals surface area (Å²) in [6.45, 7) is 0.998. The Morgan fingerprint density at radius 2 is 1.88 bits per heavy atom. The molecule has 0 unspecified atom stereocenters. The predicted molar refractivity (Wildman–Crippen MR) is 91.1 cm³/mol. The molecule has 1 aromatic carbocycles. The summed E-state index contributed by atoms with van der Waals surface area (Å²) in [5.41, 5.74) is 1.98. The molecule has 1 fully saturated rings. The first-order chi connectivity index (χ1) is 11.6. The van der Waals surface area contributed by atoms with Crippen molar-refractivity contribution in [3.63, 3.8) is 0 Å². The van der Waals surface area contributed by atoms with E-state index in [1.807, 2.05) is 24.3 Å². The van der Waals surface area contributed by atoms with E-state index < -0.39 is 10.0 Å². The topological polar surface area (TPSA) is 79.0 Å². The average molecular weight is 342 g/mol. The number of para-hydroxylation sites is 2. The van der Waals surface area contributed by atoms with Crippen molar-refractivity contribution in [1.29, 1.82) is 0 Å². The number of rotatable bonds is 3. The molecular formula is C17H18N4O2S. The summed E-state index contributed by atoms with van der Waals surface area (Å²) in [4.78, 5) is 12.2. The number of hydrogen-bond acceptors (Lipinski definition) is 4. The zero-order chi connectivity index (χ0) is 16.6. The van der Waals surface area contributed by atoms with Gasteiger partial charge in [0.15, 0.2) is 0 Å². The highest BCUT2D eigenvalue weighted by Gasteiger charge is 2.31. The highest BCUT2D eigenvalue weighted by atomic mass is 32.2. The summed E-state index contributed by atoms with van der Waals surface area (Å²) < 4.78 is 26.8. The Morgan fingerprint density at radius 3 is 2.58 bits per heavy atom. The van der Waals surface area contributed by atoms with E-state index >= 15 is 0 Å². The van der Waals surface area contributed by atoms with E-state index in [2.05, 4.69) is 15.0 Å². The lowest BCUT2D eigenvalue weighted by molar-refractivity contribution is 0.314. The standard InChI is InChI=1S/C17H18N4O2S/c22-24(23,14-4-3-9-18-12-14)21-10-7-13(8-11-21)17-19-15-5-1-2-6-16(15)20-17/h1-6,9,12-13H,7-8,10-11H2,(H,19,20). The molecule has 1 N–H and O–H groups in total. The van der Waals surface area contributed by atoms with Crippen LogP contribution in [-0.4, -0.2) is 40.8 Å². The number of sulfonamides is 1. The normalized spacial score (nSPS) is 17.3. The van der Waals surface area contributed by atoms with E-state index in [0.29, 0.717) is 13.1 Å². The van der Waals surface area contributed by atoms with Crippen LogP contribution in [0.3, 0.4) is 0 Å². The molecule has 2 aromatic heterocycles. The third-order valence-electron chi connectivity index (χ3n) is 4.52. The number of pyridine rings is 1. The van der Waals surface area contributed by atoms with E-state index in [9.17, 15) is 8.42 Å². The fourth-order valence-electron chi connectivity index (χ4n) is 3.18. The second kappa shape index (κ2) is 5.99. The van der Waals surface area contributed by atoms with Crippen molar-refractivity contribution < 1.29 is 8.42 Å². The molecule has 0 aliphatic carbocycles. The minimum absolute atomic E-state index is 0.257. The number of H-pyrrole nitrogens is 1. The molecule has 0 saturated carbocycles. The maximum absolute atomic E-state index is 12.6. The van der Waals surface area contributed by atoms with Crippen LogP contribution in [0.25, 0.3) is 11.0 Å². The number of fused-ring (bicyclic) bond motifs is 1. The van der Waals surface area contributed by atoms with Gasteiger partial charge in [-0.2, -0.15) is 4.31 Å². The fraction of sp³-hybridized carbons (Fsp3) is 0.294. The second-order valence-corrected chi connectivity index (χ2v) is 7.94. The van der Waals surface area contributed by atoms with E-state index in [1.54, 1.807) is 22.6 Å². The Balaban J connectivity index is 1.50. The minimum atomic E-state index is -3.45. The zero-order valence-electron chi connectivity index (χ0n) is 13.1. The highest BCUT2D eigenvalue weighted by molar-refractivity contribution is 7.89. The van der Waals surface area contributed by atoms with Gasteiger partial charge in [-0.25, -0.2) is 13.4 Å². The Morgan fingerprint density at radius 1 is 1.08 bits per heavy atom. The first-order valence-electron chi connectivity index (χ1n) is 7.99. The van der Waals surface area contributed by atoms with Crippen LogP contribution in [-0.2, 0) is 10.0 Å². The summed E-state index contributed by atoms with van der Waals surface area (Å²) in [5.74, 6) is 1.22. The van der Waals surface area contributed by atoms with Crippen LogP contribution in [0.2, 0.25) is 0 Å². The Hall–Kier alpha value is -2.25. The molecule has 6 nitrogen and oxygen atoms in total. The van der Waals surface area contributed by atoms with Gasteiger partial charge in [0, 0.05) is 31.4 Å². The monoisotopic (exact) mass is 342 g/mol. The minimum Gasteiger partial charge on any atom is -0.342 e. The molecule has 0 radical (unpaired) electrons. The van der Waals surface area contributed by atoms with Crippen molar-refractivity contribution in [2.45, 2.75) is 23.7 Å². The number of nitrogens with one attached hydrogen (secondary N) is 1. The molecule has 7 heteroatoms. The summed E-state index contributed by atoms with van der Waals surface area (Å²) >= 11 is 0. The van der Waals surface area contributed by atoms with Crippen LogP contribution in [0.1, 0.15) is 24.6 Å². The van der Waals surface area contributed by atoms with Gasteiger partial charge in [0.05, 0.1) is 11.0 Å². The number of hydrogen-bond donors (Lipinski definition) is 1. The molecule has 24 heavy (non-hydrogen) atoms. The van der Waals surface area contributed by atoms with Crippen molar-refractivity contribution >= 4 is 21.1 Å². The van der Waals surface area contributed by atoms with Crippen molar-refractivity contribution in [2.75, 3.05) is 13.1 Å². The molecule has 0 atom stereocenters.